The van der Waals surface area contributed by atoms with Gasteiger partial charge in [0.1, 0.15) is 0 Å². The quantitative estimate of drug-likeness (QED) is 0.452. The van der Waals surface area contributed by atoms with E-state index in [2.05, 4.69) is 41.4 Å². The highest BCUT2D eigenvalue weighted by Crippen LogP contribution is 1.88. The maximum absolute atomic E-state index is 7.17. The van der Waals surface area contributed by atoms with Gasteiger partial charge < -0.3 is 15.1 Å². The molecule has 0 unspecified atom stereocenters. The second kappa shape index (κ2) is 9.43. The molecule has 2 aliphatic rings. The monoisotopic (exact) mass is 202 g/mol. The summed E-state index contributed by atoms with van der Waals surface area (Å²) in [6, 6.07) is 0. The van der Waals surface area contributed by atoms with Gasteiger partial charge >= 0.3 is 7.32 Å². The van der Waals surface area contributed by atoms with Gasteiger partial charge in [0.15, 0.2) is 13.3 Å². The summed E-state index contributed by atoms with van der Waals surface area (Å²) in [6.45, 7) is 0.833. The molecule has 0 bridgehead atoms. The smallest absolute Gasteiger partial charge is 0.402 e. The average Bonchev–Trinajstić information content (AvgIpc) is 2.83. The van der Waals surface area contributed by atoms with Gasteiger partial charge in [-0.15, -0.1) is 20.5 Å². The van der Waals surface area contributed by atoms with Crippen LogP contribution in [0.4, 0.5) is 0 Å². The molecule has 76 valence electrons. The molecule has 0 saturated carbocycles. The lowest BCUT2D eigenvalue weighted by atomic mass is 10.3. The van der Waals surface area contributed by atoms with Crippen molar-refractivity contribution in [3.05, 3.63) is 0 Å². The predicted octanol–water partition coefficient (Wildman–Crippen LogP) is -0.498. The highest BCUT2D eigenvalue weighted by atomic mass is 16.5. The summed E-state index contributed by atoms with van der Waals surface area (Å²) in [7, 11) is -2.17. The second-order valence-corrected chi connectivity index (χ2v) is 1.55. The zero-order valence-electron chi connectivity index (χ0n) is 6.91. The Labute approximate surface area is 78.1 Å². The van der Waals surface area contributed by atoms with Crippen molar-refractivity contribution in [1.82, 2.24) is 0 Å². The second-order valence-electron chi connectivity index (χ2n) is 1.55. The first-order valence-electron chi connectivity index (χ1n) is 3.24. The number of rotatable bonds is 0. The van der Waals surface area contributed by atoms with Crippen molar-refractivity contribution in [3.8, 4) is 0 Å². The molecule has 0 aromatic carbocycles. The fourth-order valence-corrected chi connectivity index (χ4v) is 0.283. The minimum atomic E-state index is -2.17. The van der Waals surface area contributed by atoms with Gasteiger partial charge in [-0.2, -0.15) is 0 Å². The fraction of sp³-hybridized carbons (Fsp3) is 1.00. The van der Waals surface area contributed by atoms with E-state index in [9.17, 15) is 0 Å². The van der Waals surface area contributed by atoms with E-state index in [1.54, 1.807) is 0 Å². The molecule has 0 aliphatic carbocycles. The molecule has 0 aromatic rings. The Bertz CT molecular complexity index is 192. The number of hydrogen-bond acceptors (Lipinski definition) is 11. The molecule has 0 amide bonds. The van der Waals surface area contributed by atoms with Crippen LogP contribution in [0.3, 0.4) is 0 Å². The molecule has 0 radical (unpaired) electrons. The van der Waals surface area contributed by atoms with Gasteiger partial charge in [0.05, 0.1) is 0 Å². The van der Waals surface area contributed by atoms with Gasteiger partial charge in [-0.05, 0) is 20.9 Å². The average molecular weight is 202 g/mol. The third kappa shape index (κ3) is 13.0. The Hall–Kier alpha value is -1.66. The molecule has 0 atom stereocenters. The number of hydrogen-bond donors (Lipinski definition) is 3. The van der Waals surface area contributed by atoms with Gasteiger partial charge in [-0.1, -0.05) is 0 Å². The number of nitrogens with zero attached hydrogens (tertiary/aromatic N) is 8. The highest BCUT2D eigenvalue weighted by Gasteiger charge is 1.92. The van der Waals surface area contributed by atoms with Crippen LogP contribution >= 0.6 is 0 Å². The molecule has 2 heterocycles. The largest absolute Gasteiger partial charge is 0.631 e. The molecule has 0 spiro atoms. The Morgan fingerprint density at radius 1 is 0.643 bits per heavy atom. The van der Waals surface area contributed by atoms with Crippen molar-refractivity contribution in [1.29, 1.82) is 0 Å². The first kappa shape index (κ1) is 12.3. The minimum absolute atomic E-state index is 0.417. The fourth-order valence-electron chi connectivity index (χ4n) is 0.283. The standard InChI is InChI=1S/2CH2N4.BH3O3/c2*1-2-4-5-3-1;2-1(3)4/h2*1H2;2-4H. The van der Waals surface area contributed by atoms with Crippen LogP contribution in [0.15, 0.2) is 41.4 Å². The van der Waals surface area contributed by atoms with Crippen molar-refractivity contribution in [3.63, 3.8) is 0 Å². The SMILES string of the molecule is C1N=NN=N1.C1N=NN=N1.OB(O)O. The highest BCUT2D eigenvalue weighted by molar-refractivity contribution is 6.30. The van der Waals surface area contributed by atoms with Crippen LogP contribution in [0, 0.1) is 0 Å². The molecule has 0 saturated heterocycles. The van der Waals surface area contributed by atoms with Gasteiger partial charge in [-0.3, -0.25) is 0 Å². The maximum atomic E-state index is 7.17. The summed E-state index contributed by atoms with van der Waals surface area (Å²) in [5.41, 5.74) is 0. The molecule has 12 heteroatoms. The lowest BCUT2D eigenvalue weighted by Gasteiger charge is -1.69. The zero-order valence-corrected chi connectivity index (χ0v) is 6.91. The van der Waals surface area contributed by atoms with Crippen molar-refractivity contribution in [2.24, 2.45) is 41.4 Å². The minimum Gasteiger partial charge on any atom is -0.402 e. The normalized spacial score (nSPS) is 14.5. The summed E-state index contributed by atoms with van der Waals surface area (Å²) in [5.74, 6) is 0. The lowest BCUT2D eigenvalue weighted by molar-refractivity contribution is 0.278. The van der Waals surface area contributed by atoms with Crippen LogP contribution in [0.2, 0.25) is 0 Å². The molecular weight excluding hydrogens is 195 g/mol. The maximum Gasteiger partial charge on any atom is 0.631 e. The molecule has 2 aliphatic heterocycles. The van der Waals surface area contributed by atoms with E-state index in [0.717, 1.165) is 0 Å². The Morgan fingerprint density at radius 3 is 0.929 bits per heavy atom. The van der Waals surface area contributed by atoms with E-state index in [-0.39, 0.29) is 0 Å². The van der Waals surface area contributed by atoms with Gasteiger partial charge in [0.2, 0.25) is 0 Å². The summed E-state index contributed by atoms with van der Waals surface area (Å²) in [5, 5.41) is 47.7. The predicted molar refractivity (Wildman–Crippen MR) is 41.6 cm³/mol. The van der Waals surface area contributed by atoms with E-state index < -0.39 is 7.32 Å². The topological polar surface area (TPSA) is 160 Å². The first-order chi connectivity index (χ1) is 6.73. The van der Waals surface area contributed by atoms with Crippen LogP contribution in [-0.2, 0) is 0 Å². The van der Waals surface area contributed by atoms with Gasteiger partial charge in [-0.25, -0.2) is 0 Å². The summed E-state index contributed by atoms with van der Waals surface area (Å²) in [4.78, 5) is 0. The van der Waals surface area contributed by atoms with Crippen molar-refractivity contribution < 1.29 is 15.1 Å². The van der Waals surface area contributed by atoms with Crippen molar-refractivity contribution >= 4 is 7.32 Å². The third-order valence-electron chi connectivity index (χ3n) is 0.586. The Morgan fingerprint density at radius 2 is 0.857 bits per heavy atom. The van der Waals surface area contributed by atoms with E-state index in [4.69, 9.17) is 15.1 Å². The van der Waals surface area contributed by atoms with E-state index in [1.807, 2.05) is 0 Å². The molecule has 2 rings (SSSR count). The van der Waals surface area contributed by atoms with E-state index >= 15 is 0 Å². The molecule has 14 heavy (non-hydrogen) atoms. The van der Waals surface area contributed by atoms with Crippen molar-refractivity contribution in [2.45, 2.75) is 0 Å². The first-order valence-corrected chi connectivity index (χ1v) is 3.24. The zero-order chi connectivity index (χ0) is 10.6. The summed E-state index contributed by atoms with van der Waals surface area (Å²) < 4.78 is 0. The van der Waals surface area contributed by atoms with Crippen LogP contribution in [0.1, 0.15) is 0 Å². The molecule has 3 N–H and O–H groups in total. The van der Waals surface area contributed by atoms with Crippen LogP contribution < -0.4 is 0 Å². The van der Waals surface area contributed by atoms with Crippen molar-refractivity contribution in [2.75, 3.05) is 13.3 Å². The van der Waals surface area contributed by atoms with Crippen LogP contribution in [0.25, 0.3) is 0 Å². The molecule has 0 fully saturated rings. The molecule has 0 aromatic heterocycles. The molecular formula is C2H7BN8O3. The van der Waals surface area contributed by atoms with E-state index in [1.165, 1.54) is 0 Å². The van der Waals surface area contributed by atoms with Crippen LogP contribution in [-0.4, -0.2) is 35.7 Å². The Balaban J connectivity index is 0.000000183. The molecule has 11 nitrogen and oxygen atoms in total. The third-order valence-corrected chi connectivity index (χ3v) is 0.586. The summed E-state index contributed by atoms with van der Waals surface area (Å²) in [6.07, 6.45) is 0. The van der Waals surface area contributed by atoms with Gasteiger partial charge in [0.25, 0.3) is 0 Å². The lowest BCUT2D eigenvalue weighted by Crippen LogP contribution is -2.07. The Kier molecular flexibility index (Phi) is 8.32. The van der Waals surface area contributed by atoms with E-state index in [0.29, 0.717) is 13.3 Å². The van der Waals surface area contributed by atoms with Gasteiger partial charge in [0, 0.05) is 0 Å². The van der Waals surface area contributed by atoms with Crippen LogP contribution in [0.5, 0.6) is 0 Å². The summed E-state index contributed by atoms with van der Waals surface area (Å²) >= 11 is 0.